The first-order chi connectivity index (χ1) is 6.45. The maximum absolute atomic E-state index is 2.42. The van der Waals surface area contributed by atoms with E-state index in [4.69, 9.17) is 0 Å². The minimum atomic E-state index is 0.424. The van der Waals surface area contributed by atoms with E-state index >= 15 is 0 Å². The normalized spacial score (nSPS) is 31.6. The van der Waals surface area contributed by atoms with Crippen LogP contribution in [0.3, 0.4) is 0 Å². The molecule has 0 radical (unpaired) electrons. The van der Waals surface area contributed by atoms with E-state index in [-0.39, 0.29) is 0 Å². The highest BCUT2D eigenvalue weighted by Gasteiger charge is 2.57. The predicted octanol–water partition coefficient (Wildman–Crippen LogP) is 4.23. The molecule has 76 valence electrons. The molecule has 1 aromatic rings. The number of hydrogen-bond donors (Lipinski definition) is 0. The number of hydrogen-bond acceptors (Lipinski definition) is 0. The van der Waals surface area contributed by atoms with E-state index in [1.54, 1.807) is 0 Å². The van der Waals surface area contributed by atoms with Crippen LogP contribution in [0.5, 0.6) is 0 Å². The lowest BCUT2D eigenvalue weighted by molar-refractivity contribution is 0.228. The maximum Gasteiger partial charge on any atom is -0.00972 e. The Labute approximate surface area is 87.3 Å². The molecule has 1 fully saturated rings. The van der Waals surface area contributed by atoms with E-state index in [1.165, 1.54) is 12.0 Å². The van der Waals surface area contributed by atoms with Crippen LogP contribution in [0.4, 0.5) is 0 Å². The molecular formula is C14H20. The fourth-order valence-electron chi connectivity index (χ4n) is 2.37. The molecule has 1 aromatic carbocycles. The summed E-state index contributed by atoms with van der Waals surface area (Å²) in [6.07, 6.45) is 1.35. The molecule has 0 amide bonds. The smallest absolute Gasteiger partial charge is 0.00972 e. The molecule has 14 heavy (non-hydrogen) atoms. The lowest BCUT2D eigenvalue weighted by Gasteiger charge is -2.28. The van der Waals surface area contributed by atoms with Gasteiger partial charge in [0.2, 0.25) is 0 Å². The maximum atomic E-state index is 2.42. The zero-order valence-corrected chi connectivity index (χ0v) is 9.67. The van der Waals surface area contributed by atoms with Crippen molar-refractivity contribution in [1.82, 2.24) is 0 Å². The highest BCUT2D eigenvalue weighted by molar-refractivity contribution is 5.30. The molecule has 1 saturated carbocycles. The van der Waals surface area contributed by atoms with Crippen LogP contribution < -0.4 is 0 Å². The second-order valence-electron chi connectivity index (χ2n) is 5.83. The Morgan fingerprint density at radius 1 is 1.14 bits per heavy atom. The van der Waals surface area contributed by atoms with Gasteiger partial charge >= 0.3 is 0 Å². The quantitative estimate of drug-likeness (QED) is 0.619. The van der Waals surface area contributed by atoms with Crippen LogP contribution in [0.2, 0.25) is 0 Å². The van der Waals surface area contributed by atoms with Gasteiger partial charge in [0.15, 0.2) is 0 Å². The van der Waals surface area contributed by atoms with Crippen molar-refractivity contribution >= 4 is 0 Å². The third-order valence-corrected chi connectivity index (χ3v) is 4.15. The van der Waals surface area contributed by atoms with Crippen LogP contribution in [0, 0.1) is 10.8 Å². The molecule has 0 spiro atoms. The van der Waals surface area contributed by atoms with E-state index in [2.05, 4.69) is 58.0 Å². The average Bonchev–Trinajstić information content (AvgIpc) is 2.80. The first-order valence-corrected chi connectivity index (χ1v) is 5.50. The highest BCUT2D eigenvalue weighted by atomic mass is 14.6. The molecule has 0 heteroatoms. The molecule has 2 atom stereocenters. The summed E-state index contributed by atoms with van der Waals surface area (Å²) >= 11 is 0. The Balaban J connectivity index is 2.21. The van der Waals surface area contributed by atoms with Crippen molar-refractivity contribution in [1.29, 1.82) is 0 Å². The third kappa shape index (κ3) is 1.37. The Morgan fingerprint density at radius 3 is 2.14 bits per heavy atom. The van der Waals surface area contributed by atoms with Crippen LogP contribution in [0.1, 0.15) is 45.6 Å². The highest BCUT2D eigenvalue weighted by Crippen LogP contribution is 2.67. The zero-order chi connectivity index (χ0) is 10.4. The van der Waals surface area contributed by atoms with Gasteiger partial charge < -0.3 is 0 Å². The van der Waals surface area contributed by atoms with Crippen LogP contribution in [-0.4, -0.2) is 0 Å². The van der Waals surface area contributed by atoms with E-state index in [1.807, 2.05) is 0 Å². The number of rotatable bonds is 1. The summed E-state index contributed by atoms with van der Waals surface area (Å²) in [6, 6.07) is 10.9. The fraction of sp³-hybridized carbons (Fsp3) is 0.571. The largest absolute Gasteiger partial charge is 0.0622 e. The molecule has 1 aliphatic rings. The Bertz CT molecular complexity index is 318. The Kier molecular flexibility index (Phi) is 1.99. The topological polar surface area (TPSA) is 0 Å². The summed E-state index contributed by atoms with van der Waals surface area (Å²) < 4.78 is 0. The van der Waals surface area contributed by atoms with E-state index in [9.17, 15) is 0 Å². The van der Waals surface area contributed by atoms with Gasteiger partial charge in [0, 0.05) is 0 Å². The van der Waals surface area contributed by atoms with Gasteiger partial charge in [0.05, 0.1) is 0 Å². The molecule has 0 N–H and O–H groups in total. The second kappa shape index (κ2) is 2.85. The summed E-state index contributed by atoms with van der Waals surface area (Å²) in [6.45, 7) is 9.49. The van der Waals surface area contributed by atoms with Crippen molar-refractivity contribution in [3.8, 4) is 0 Å². The van der Waals surface area contributed by atoms with Crippen molar-refractivity contribution in [3.05, 3.63) is 35.9 Å². The van der Waals surface area contributed by atoms with Gasteiger partial charge in [0.25, 0.3) is 0 Å². The fourth-order valence-corrected chi connectivity index (χ4v) is 2.37. The first-order valence-electron chi connectivity index (χ1n) is 5.50. The van der Waals surface area contributed by atoms with Crippen molar-refractivity contribution < 1.29 is 0 Å². The van der Waals surface area contributed by atoms with Crippen molar-refractivity contribution in [2.45, 2.75) is 40.0 Å². The van der Waals surface area contributed by atoms with E-state index in [0.717, 1.165) is 5.92 Å². The van der Waals surface area contributed by atoms with Crippen LogP contribution in [0.15, 0.2) is 30.3 Å². The Hall–Kier alpha value is -0.780. The molecule has 0 bridgehead atoms. The minimum Gasteiger partial charge on any atom is -0.0622 e. The predicted molar refractivity (Wildman–Crippen MR) is 61.4 cm³/mol. The zero-order valence-electron chi connectivity index (χ0n) is 9.67. The van der Waals surface area contributed by atoms with Crippen molar-refractivity contribution in [3.63, 3.8) is 0 Å². The summed E-state index contributed by atoms with van der Waals surface area (Å²) in [7, 11) is 0. The second-order valence-corrected chi connectivity index (χ2v) is 5.83. The molecule has 0 aromatic heterocycles. The molecule has 0 heterocycles. The molecule has 0 saturated heterocycles. The summed E-state index contributed by atoms with van der Waals surface area (Å²) in [5.41, 5.74) is 2.45. The van der Waals surface area contributed by atoms with Gasteiger partial charge in [-0.25, -0.2) is 0 Å². The van der Waals surface area contributed by atoms with E-state index in [0.29, 0.717) is 10.8 Å². The van der Waals surface area contributed by atoms with Gasteiger partial charge in [-0.15, -0.1) is 0 Å². The minimum absolute atomic E-state index is 0.424. The van der Waals surface area contributed by atoms with Gasteiger partial charge in [0.1, 0.15) is 0 Å². The monoisotopic (exact) mass is 188 g/mol. The molecule has 1 aliphatic carbocycles. The number of benzene rings is 1. The lowest BCUT2D eigenvalue weighted by Crippen LogP contribution is -2.20. The molecule has 0 unspecified atom stereocenters. The summed E-state index contributed by atoms with van der Waals surface area (Å²) in [5, 5.41) is 0. The van der Waals surface area contributed by atoms with Crippen molar-refractivity contribution in [2.75, 3.05) is 0 Å². The molecule has 0 aliphatic heterocycles. The van der Waals surface area contributed by atoms with Crippen LogP contribution in [0.25, 0.3) is 0 Å². The van der Waals surface area contributed by atoms with Gasteiger partial charge in [-0.2, -0.15) is 0 Å². The van der Waals surface area contributed by atoms with Crippen LogP contribution in [-0.2, 0) is 0 Å². The van der Waals surface area contributed by atoms with Crippen LogP contribution >= 0.6 is 0 Å². The third-order valence-electron chi connectivity index (χ3n) is 4.15. The summed E-state index contributed by atoms with van der Waals surface area (Å²) in [4.78, 5) is 0. The molecule has 2 rings (SSSR count). The first kappa shape index (κ1) is 9.76. The molecular weight excluding hydrogens is 168 g/mol. The standard InChI is InChI=1S/C14H20/c1-13(2,3)14(4)10-12(14)11-8-6-5-7-9-11/h5-9,12H,10H2,1-4H3/t12-,14+/m1/s1. The van der Waals surface area contributed by atoms with Gasteiger partial charge in [-0.1, -0.05) is 58.0 Å². The average molecular weight is 188 g/mol. The van der Waals surface area contributed by atoms with E-state index < -0.39 is 0 Å². The summed E-state index contributed by atoms with van der Waals surface area (Å²) in [5.74, 6) is 0.781. The SMILES string of the molecule is CC(C)(C)[C@@]1(C)C[C@@H]1c1ccccc1. The van der Waals surface area contributed by atoms with Gasteiger partial charge in [-0.05, 0) is 28.7 Å². The van der Waals surface area contributed by atoms with Crippen molar-refractivity contribution in [2.24, 2.45) is 10.8 Å². The Morgan fingerprint density at radius 2 is 1.71 bits per heavy atom. The lowest BCUT2D eigenvalue weighted by atomic mass is 9.76. The molecule has 0 nitrogen and oxygen atoms in total. The van der Waals surface area contributed by atoms with Gasteiger partial charge in [-0.3, -0.25) is 0 Å².